The quantitative estimate of drug-likeness (QED) is 0.206. The highest BCUT2D eigenvalue weighted by atomic mass is 15.0. The van der Waals surface area contributed by atoms with Gasteiger partial charge in [-0.15, -0.1) is 0 Å². The fourth-order valence-electron chi connectivity index (χ4n) is 7.38. The van der Waals surface area contributed by atoms with Crippen molar-refractivity contribution in [1.82, 2.24) is 18.7 Å². The van der Waals surface area contributed by atoms with Gasteiger partial charge in [-0.25, -0.2) is 0 Å². The molecule has 0 aliphatic rings. The Balaban J connectivity index is 1.31. The summed E-state index contributed by atoms with van der Waals surface area (Å²) in [5, 5.41) is 6.11. The third kappa shape index (κ3) is 3.39. The summed E-state index contributed by atoms with van der Waals surface area (Å²) in [6.45, 7) is 0. The molecule has 0 radical (unpaired) electrons. The zero-order valence-corrected chi connectivity index (χ0v) is 24.3. The van der Waals surface area contributed by atoms with Crippen molar-refractivity contribution in [3.05, 3.63) is 158 Å². The molecular weight excluding hydrogens is 548 g/mol. The van der Waals surface area contributed by atoms with Crippen LogP contribution in [0.3, 0.4) is 0 Å². The fourth-order valence-corrected chi connectivity index (χ4v) is 7.38. The Labute approximate surface area is 258 Å². The number of hydrogen-bond donors (Lipinski definition) is 0. The average molecular weight is 575 g/mol. The zero-order valence-electron chi connectivity index (χ0n) is 24.3. The minimum absolute atomic E-state index is 1.01. The number of benzene rings is 6. The molecule has 0 aliphatic carbocycles. The monoisotopic (exact) mass is 574 g/mol. The summed E-state index contributed by atoms with van der Waals surface area (Å²) in [7, 11) is 0. The van der Waals surface area contributed by atoms with E-state index in [0.29, 0.717) is 0 Å². The number of para-hydroxylation sites is 4. The summed E-state index contributed by atoms with van der Waals surface area (Å²) in [5.41, 5.74) is 11.5. The van der Waals surface area contributed by atoms with Crippen LogP contribution in [0.4, 0.5) is 0 Å². The lowest BCUT2D eigenvalue weighted by molar-refractivity contribution is 1.16. The molecule has 210 valence electrons. The van der Waals surface area contributed by atoms with Crippen LogP contribution in [0.5, 0.6) is 0 Å². The number of aromatic nitrogens is 4. The summed E-state index contributed by atoms with van der Waals surface area (Å²) in [5.74, 6) is 0. The maximum absolute atomic E-state index is 4.88. The molecule has 0 saturated heterocycles. The van der Waals surface area contributed by atoms with Crippen LogP contribution in [0.25, 0.3) is 82.6 Å². The van der Waals surface area contributed by atoms with E-state index in [0.717, 1.165) is 33.3 Å². The van der Waals surface area contributed by atoms with Gasteiger partial charge < -0.3 is 13.7 Å². The molecule has 6 aromatic carbocycles. The van der Waals surface area contributed by atoms with E-state index in [1.54, 1.807) is 0 Å². The van der Waals surface area contributed by atoms with Gasteiger partial charge in [0.2, 0.25) is 0 Å². The van der Waals surface area contributed by atoms with Crippen molar-refractivity contribution in [2.45, 2.75) is 0 Å². The number of hydrogen-bond acceptors (Lipinski definition) is 1. The fraction of sp³-hybridized carbons (Fsp3) is 0. The van der Waals surface area contributed by atoms with Crippen LogP contribution in [0, 0.1) is 0 Å². The molecule has 0 fully saturated rings. The van der Waals surface area contributed by atoms with Gasteiger partial charge >= 0.3 is 0 Å². The molecule has 0 N–H and O–H groups in total. The smallest absolute Gasteiger partial charge is 0.0964 e. The largest absolute Gasteiger partial charge is 0.309 e. The molecular formula is C41H26N4. The van der Waals surface area contributed by atoms with Crippen LogP contribution in [0.1, 0.15) is 0 Å². The van der Waals surface area contributed by atoms with Gasteiger partial charge in [0.1, 0.15) is 0 Å². The minimum atomic E-state index is 1.01. The molecule has 4 nitrogen and oxygen atoms in total. The summed E-state index contributed by atoms with van der Waals surface area (Å²) in [4.78, 5) is 4.88. The van der Waals surface area contributed by atoms with Crippen LogP contribution < -0.4 is 0 Å². The highest BCUT2D eigenvalue weighted by molar-refractivity contribution is 6.19. The predicted molar refractivity (Wildman–Crippen MR) is 187 cm³/mol. The van der Waals surface area contributed by atoms with Crippen molar-refractivity contribution in [3.8, 4) is 17.1 Å². The Kier molecular flexibility index (Phi) is 4.96. The normalized spacial score (nSPS) is 12.0. The van der Waals surface area contributed by atoms with Crippen LogP contribution in [-0.2, 0) is 0 Å². The highest BCUT2D eigenvalue weighted by Gasteiger charge is 2.20. The Bertz CT molecular complexity index is 2750. The van der Waals surface area contributed by atoms with E-state index < -0.39 is 0 Å². The number of fused-ring (bicyclic) bond motifs is 9. The first-order valence-electron chi connectivity index (χ1n) is 15.3. The van der Waals surface area contributed by atoms with Crippen molar-refractivity contribution >= 4 is 65.5 Å². The maximum atomic E-state index is 4.88. The second-order valence-corrected chi connectivity index (χ2v) is 11.7. The van der Waals surface area contributed by atoms with Gasteiger partial charge in [0.25, 0.3) is 0 Å². The lowest BCUT2D eigenvalue weighted by atomic mass is 10.1. The predicted octanol–water partition coefficient (Wildman–Crippen LogP) is 10.4. The summed E-state index contributed by atoms with van der Waals surface area (Å²) in [6, 6.07) is 54.5. The molecule has 10 rings (SSSR count). The molecule has 45 heavy (non-hydrogen) atoms. The number of rotatable bonds is 3. The second kappa shape index (κ2) is 9.18. The van der Waals surface area contributed by atoms with E-state index in [4.69, 9.17) is 4.98 Å². The number of nitrogens with zero attached hydrogens (tertiary/aromatic N) is 4. The Morgan fingerprint density at radius 2 is 0.800 bits per heavy atom. The Morgan fingerprint density at radius 1 is 0.311 bits per heavy atom. The van der Waals surface area contributed by atoms with Crippen molar-refractivity contribution < 1.29 is 0 Å². The first-order valence-corrected chi connectivity index (χ1v) is 15.3. The second-order valence-electron chi connectivity index (χ2n) is 11.7. The molecule has 0 saturated carbocycles. The van der Waals surface area contributed by atoms with Gasteiger partial charge in [0, 0.05) is 50.2 Å². The van der Waals surface area contributed by atoms with Gasteiger partial charge in [0.05, 0.1) is 38.6 Å². The molecule has 0 aliphatic heterocycles. The molecule has 0 bridgehead atoms. The van der Waals surface area contributed by atoms with Gasteiger partial charge in [0.15, 0.2) is 0 Å². The van der Waals surface area contributed by atoms with Gasteiger partial charge in [-0.05, 0) is 78.9 Å². The van der Waals surface area contributed by atoms with Crippen LogP contribution in [0.2, 0.25) is 0 Å². The molecule has 0 unspecified atom stereocenters. The first-order chi connectivity index (χ1) is 22.3. The molecule has 4 heterocycles. The zero-order chi connectivity index (χ0) is 29.5. The minimum Gasteiger partial charge on any atom is -0.309 e. The summed E-state index contributed by atoms with van der Waals surface area (Å²) < 4.78 is 7.13. The van der Waals surface area contributed by atoms with Crippen molar-refractivity contribution in [3.63, 3.8) is 0 Å². The third-order valence-corrected chi connectivity index (χ3v) is 9.26. The highest BCUT2D eigenvalue weighted by Crippen LogP contribution is 2.40. The first kappa shape index (κ1) is 24.3. The molecule has 4 heteroatoms. The lowest BCUT2D eigenvalue weighted by Crippen LogP contribution is -1.96. The van der Waals surface area contributed by atoms with Crippen molar-refractivity contribution in [1.29, 1.82) is 0 Å². The van der Waals surface area contributed by atoms with E-state index in [2.05, 4.69) is 159 Å². The van der Waals surface area contributed by atoms with E-state index in [-0.39, 0.29) is 0 Å². The van der Waals surface area contributed by atoms with Crippen LogP contribution in [0.15, 0.2) is 158 Å². The van der Waals surface area contributed by atoms with E-state index in [1.807, 2.05) is 12.3 Å². The SMILES string of the molecule is c1ccc(-n2c3ccccc3c3cc4c(cc32)c2ccccc2n4-c2ccc3c(c2)c2ncccc2n3-c2ccccc2)cc1. The van der Waals surface area contributed by atoms with Crippen LogP contribution in [-0.4, -0.2) is 18.7 Å². The molecule has 0 amide bonds. The summed E-state index contributed by atoms with van der Waals surface area (Å²) >= 11 is 0. The van der Waals surface area contributed by atoms with E-state index >= 15 is 0 Å². The average Bonchev–Trinajstić information content (AvgIpc) is 3.73. The van der Waals surface area contributed by atoms with Gasteiger partial charge in [-0.1, -0.05) is 72.8 Å². The van der Waals surface area contributed by atoms with Gasteiger partial charge in [-0.2, -0.15) is 0 Å². The van der Waals surface area contributed by atoms with Gasteiger partial charge in [-0.3, -0.25) is 4.98 Å². The Morgan fingerprint density at radius 3 is 1.42 bits per heavy atom. The topological polar surface area (TPSA) is 27.7 Å². The molecule has 0 atom stereocenters. The maximum Gasteiger partial charge on any atom is 0.0964 e. The van der Waals surface area contributed by atoms with Crippen LogP contribution >= 0.6 is 0 Å². The molecule has 10 aromatic rings. The molecule has 0 spiro atoms. The standard InChI is InChI=1S/C41H26N4/c1-3-12-27(13-4-1)43-37-22-21-29(24-34(37)41-38(43)20-11-23-42-41)45-36-19-10-8-17-31(36)33-25-39-32(26-40(33)45)30-16-7-9-18-35(30)44(39)28-14-5-2-6-15-28/h1-26H. The van der Waals surface area contributed by atoms with Crippen molar-refractivity contribution in [2.75, 3.05) is 0 Å². The van der Waals surface area contributed by atoms with Crippen molar-refractivity contribution in [2.24, 2.45) is 0 Å². The number of pyridine rings is 1. The molecule has 4 aromatic heterocycles. The Hall–Kier alpha value is -6.13. The van der Waals surface area contributed by atoms with E-state index in [9.17, 15) is 0 Å². The third-order valence-electron chi connectivity index (χ3n) is 9.26. The summed E-state index contributed by atoms with van der Waals surface area (Å²) in [6.07, 6.45) is 1.89. The van der Waals surface area contributed by atoms with E-state index in [1.165, 1.54) is 49.3 Å². The lowest BCUT2D eigenvalue weighted by Gasteiger charge is -2.10.